The zero-order valence-electron chi connectivity index (χ0n) is 16.2. The van der Waals surface area contributed by atoms with Crippen LogP contribution in [0.1, 0.15) is 42.6 Å². The third kappa shape index (κ3) is 6.23. The van der Waals surface area contributed by atoms with Crippen LogP contribution in [0.4, 0.5) is 0 Å². The van der Waals surface area contributed by atoms with Gasteiger partial charge in [0.15, 0.2) is 0 Å². The molecule has 1 unspecified atom stereocenters. The van der Waals surface area contributed by atoms with E-state index in [-0.39, 0.29) is 11.9 Å². The van der Waals surface area contributed by atoms with Gasteiger partial charge in [0.1, 0.15) is 12.4 Å². The molecule has 2 aromatic carbocycles. The van der Waals surface area contributed by atoms with E-state index in [9.17, 15) is 4.79 Å². The number of aryl methyl sites for hydroxylation is 1. The van der Waals surface area contributed by atoms with Crippen molar-refractivity contribution in [3.05, 3.63) is 95.8 Å². The Labute approximate surface area is 166 Å². The van der Waals surface area contributed by atoms with Gasteiger partial charge in [0.2, 0.25) is 5.91 Å². The maximum atomic E-state index is 12.3. The number of carbonyl (C=O) groups excluding carboxylic acids is 1. The molecule has 0 saturated carbocycles. The standard InChI is InChI=1S/C24H26N2O2/c1-19(26-24(27)15-7-11-20-9-3-2-4-10-20)21-12-8-14-23(17-21)28-18-22-13-5-6-16-25-22/h2-6,8-10,12-14,16-17,19H,7,11,15,18H2,1H3,(H,26,27). The number of pyridine rings is 1. The summed E-state index contributed by atoms with van der Waals surface area (Å²) < 4.78 is 5.83. The van der Waals surface area contributed by atoms with Crippen molar-refractivity contribution in [2.75, 3.05) is 0 Å². The van der Waals surface area contributed by atoms with Gasteiger partial charge in [-0.2, -0.15) is 0 Å². The van der Waals surface area contributed by atoms with Gasteiger partial charge in [0.05, 0.1) is 11.7 Å². The Balaban J connectivity index is 1.46. The molecule has 4 nitrogen and oxygen atoms in total. The summed E-state index contributed by atoms with van der Waals surface area (Å²) >= 11 is 0. The predicted molar refractivity (Wildman–Crippen MR) is 111 cm³/mol. The summed E-state index contributed by atoms with van der Waals surface area (Å²) in [5.74, 6) is 0.844. The van der Waals surface area contributed by atoms with Crippen molar-refractivity contribution >= 4 is 5.91 Å². The highest BCUT2D eigenvalue weighted by Crippen LogP contribution is 2.20. The molecule has 0 aliphatic carbocycles. The van der Waals surface area contributed by atoms with Crippen LogP contribution in [0.5, 0.6) is 5.75 Å². The second-order valence-electron chi connectivity index (χ2n) is 6.81. The number of rotatable bonds is 9. The highest BCUT2D eigenvalue weighted by molar-refractivity contribution is 5.76. The zero-order valence-corrected chi connectivity index (χ0v) is 16.2. The largest absolute Gasteiger partial charge is 0.487 e. The Kier molecular flexibility index (Phi) is 7.19. The highest BCUT2D eigenvalue weighted by Gasteiger charge is 2.10. The van der Waals surface area contributed by atoms with Crippen molar-refractivity contribution < 1.29 is 9.53 Å². The Morgan fingerprint density at radius 3 is 2.64 bits per heavy atom. The number of amides is 1. The number of carbonyl (C=O) groups is 1. The third-order valence-corrected chi connectivity index (χ3v) is 4.56. The fourth-order valence-corrected chi connectivity index (χ4v) is 3.01. The minimum absolute atomic E-state index is 0.0670. The van der Waals surface area contributed by atoms with E-state index >= 15 is 0 Å². The highest BCUT2D eigenvalue weighted by atomic mass is 16.5. The summed E-state index contributed by atoms with van der Waals surface area (Å²) in [5.41, 5.74) is 3.17. The van der Waals surface area contributed by atoms with Gasteiger partial charge in [-0.1, -0.05) is 48.5 Å². The van der Waals surface area contributed by atoms with Gasteiger partial charge in [-0.15, -0.1) is 0 Å². The lowest BCUT2D eigenvalue weighted by atomic mass is 10.1. The summed E-state index contributed by atoms with van der Waals surface area (Å²) in [7, 11) is 0. The fourth-order valence-electron chi connectivity index (χ4n) is 3.01. The average molecular weight is 374 g/mol. The Bertz CT molecular complexity index is 866. The molecule has 144 valence electrons. The molecule has 3 aromatic rings. The molecule has 0 aliphatic rings. The van der Waals surface area contributed by atoms with Crippen molar-refractivity contribution in [3.8, 4) is 5.75 Å². The van der Waals surface area contributed by atoms with Crippen LogP contribution in [0.25, 0.3) is 0 Å². The molecule has 0 spiro atoms. The first-order valence-corrected chi connectivity index (χ1v) is 9.66. The Hall–Kier alpha value is -3.14. The maximum absolute atomic E-state index is 12.3. The van der Waals surface area contributed by atoms with Gasteiger partial charge < -0.3 is 10.1 Å². The third-order valence-electron chi connectivity index (χ3n) is 4.56. The molecular formula is C24H26N2O2. The lowest BCUT2D eigenvalue weighted by molar-refractivity contribution is -0.121. The van der Waals surface area contributed by atoms with Crippen LogP contribution >= 0.6 is 0 Å². The lowest BCUT2D eigenvalue weighted by Crippen LogP contribution is -2.26. The number of hydrogen-bond acceptors (Lipinski definition) is 3. The Morgan fingerprint density at radius 2 is 1.86 bits per heavy atom. The van der Waals surface area contributed by atoms with E-state index in [1.54, 1.807) is 6.20 Å². The Morgan fingerprint density at radius 1 is 1.04 bits per heavy atom. The van der Waals surface area contributed by atoms with Gasteiger partial charge in [-0.25, -0.2) is 0 Å². The summed E-state index contributed by atoms with van der Waals surface area (Å²) in [6.45, 7) is 2.41. The molecule has 4 heteroatoms. The first-order valence-electron chi connectivity index (χ1n) is 9.66. The molecule has 1 heterocycles. The molecule has 3 rings (SSSR count). The molecule has 0 aliphatic heterocycles. The average Bonchev–Trinajstić information content (AvgIpc) is 2.74. The van der Waals surface area contributed by atoms with Gasteiger partial charge in [0, 0.05) is 12.6 Å². The first-order chi connectivity index (χ1) is 13.7. The lowest BCUT2D eigenvalue weighted by Gasteiger charge is -2.16. The quantitative estimate of drug-likeness (QED) is 0.582. The van der Waals surface area contributed by atoms with Crippen LogP contribution in [0.3, 0.4) is 0 Å². The van der Waals surface area contributed by atoms with Crippen molar-refractivity contribution in [2.24, 2.45) is 0 Å². The van der Waals surface area contributed by atoms with Crippen LogP contribution in [0.2, 0.25) is 0 Å². The maximum Gasteiger partial charge on any atom is 0.220 e. The second-order valence-corrected chi connectivity index (χ2v) is 6.81. The molecule has 1 atom stereocenters. The van der Waals surface area contributed by atoms with E-state index in [4.69, 9.17) is 4.74 Å². The summed E-state index contributed by atoms with van der Waals surface area (Å²) in [6.07, 6.45) is 4.04. The number of hydrogen-bond donors (Lipinski definition) is 1. The van der Waals surface area contributed by atoms with Crippen molar-refractivity contribution in [2.45, 2.75) is 38.8 Å². The smallest absolute Gasteiger partial charge is 0.220 e. The first kappa shape index (κ1) is 19.6. The summed E-state index contributed by atoms with van der Waals surface area (Å²) in [6, 6.07) is 23.8. The van der Waals surface area contributed by atoms with Crippen LogP contribution in [0.15, 0.2) is 79.0 Å². The number of ether oxygens (including phenoxy) is 1. The van der Waals surface area contributed by atoms with Crippen molar-refractivity contribution in [1.29, 1.82) is 0 Å². The summed E-state index contributed by atoms with van der Waals surface area (Å²) in [4.78, 5) is 16.5. The van der Waals surface area contributed by atoms with Gasteiger partial charge in [0.25, 0.3) is 0 Å². The molecular weight excluding hydrogens is 348 g/mol. The summed E-state index contributed by atoms with van der Waals surface area (Å²) in [5, 5.41) is 3.08. The number of nitrogens with zero attached hydrogens (tertiary/aromatic N) is 1. The number of aromatic nitrogens is 1. The van der Waals surface area contributed by atoms with E-state index in [1.165, 1.54) is 5.56 Å². The van der Waals surface area contributed by atoms with E-state index in [0.717, 1.165) is 29.8 Å². The predicted octanol–water partition coefficient (Wildman–Crippen LogP) is 4.86. The van der Waals surface area contributed by atoms with Crippen molar-refractivity contribution in [1.82, 2.24) is 10.3 Å². The molecule has 0 fully saturated rings. The van der Waals surface area contributed by atoms with Crippen molar-refractivity contribution in [3.63, 3.8) is 0 Å². The van der Waals surface area contributed by atoms with Crippen LogP contribution in [0, 0.1) is 0 Å². The number of nitrogens with one attached hydrogen (secondary N) is 1. The van der Waals surface area contributed by atoms with Gasteiger partial charge in [-0.05, 0) is 55.2 Å². The van der Waals surface area contributed by atoms with E-state index in [0.29, 0.717) is 13.0 Å². The van der Waals surface area contributed by atoms with E-state index < -0.39 is 0 Å². The zero-order chi connectivity index (χ0) is 19.6. The van der Waals surface area contributed by atoms with Gasteiger partial charge in [-0.3, -0.25) is 9.78 Å². The second kappa shape index (κ2) is 10.3. The fraction of sp³-hybridized carbons (Fsp3) is 0.250. The molecule has 1 aromatic heterocycles. The minimum atomic E-state index is -0.0670. The number of benzene rings is 2. The molecule has 0 radical (unpaired) electrons. The monoisotopic (exact) mass is 374 g/mol. The minimum Gasteiger partial charge on any atom is -0.487 e. The molecule has 28 heavy (non-hydrogen) atoms. The van der Waals surface area contributed by atoms with Crippen LogP contribution < -0.4 is 10.1 Å². The topological polar surface area (TPSA) is 51.2 Å². The van der Waals surface area contributed by atoms with Crippen LogP contribution in [-0.4, -0.2) is 10.9 Å². The molecule has 1 N–H and O–H groups in total. The van der Waals surface area contributed by atoms with Gasteiger partial charge >= 0.3 is 0 Å². The van der Waals surface area contributed by atoms with E-state index in [1.807, 2.05) is 67.6 Å². The normalized spacial score (nSPS) is 11.6. The molecule has 1 amide bonds. The van der Waals surface area contributed by atoms with Crippen LogP contribution in [-0.2, 0) is 17.8 Å². The van der Waals surface area contributed by atoms with E-state index in [2.05, 4.69) is 22.4 Å². The molecule has 0 bridgehead atoms. The SMILES string of the molecule is CC(NC(=O)CCCc1ccccc1)c1cccc(OCc2ccccn2)c1. The molecule has 0 saturated heterocycles.